The number of nitrogens with zero attached hydrogens (tertiary/aromatic N) is 2. The molecule has 4 nitrogen and oxygen atoms in total. The molecule has 1 aromatic rings. The van der Waals surface area contributed by atoms with Crippen molar-refractivity contribution in [2.75, 3.05) is 0 Å². The summed E-state index contributed by atoms with van der Waals surface area (Å²) in [6.45, 7) is 3.86. The molecule has 1 heterocycles. The molecule has 56 valence electrons. The second-order valence-corrected chi connectivity index (χ2v) is 2.53. The van der Waals surface area contributed by atoms with Crippen LogP contribution in [0.15, 0.2) is 10.9 Å². The Hall–Kier alpha value is -0.900. The lowest BCUT2D eigenvalue weighted by Gasteiger charge is -2.16. The largest absolute Gasteiger partial charge is 0.343 e. The number of aromatic nitrogens is 2. The third-order valence-corrected chi connectivity index (χ3v) is 1.61. The summed E-state index contributed by atoms with van der Waals surface area (Å²) in [7, 11) is 0. The molecular weight excluding hydrogens is 130 g/mol. The lowest BCUT2D eigenvalue weighted by atomic mass is 10.0. The summed E-state index contributed by atoms with van der Waals surface area (Å²) >= 11 is 0. The van der Waals surface area contributed by atoms with E-state index >= 15 is 0 Å². The first-order chi connectivity index (χ1) is 4.67. The molecule has 4 heteroatoms. The average molecular weight is 141 g/mol. The van der Waals surface area contributed by atoms with Crippen molar-refractivity contribution in [3.05, 3.63) is 12.2 Å². The highest BCUT2D eigenvalue weighted by Crippen LogP contribution is 2.15. The molecule has 1 rings (SSSR count). The van der Waals surface area contributed by atoms with Crippen molar-refractivity contribution in [3.63, 3.8) is 0 Å². The molecule has 0 fully saturated rings. The maximum Gasteiger partial charge on any atom is 0.213 e. The second-order valence-electron chi connectivity index (χ2n) is 2.53. The molecule has 0 spiro atoms. The molecule has 0 radical (unpaired) electrons. The smallest absolute Gasteiger partial charge is 0.213 e. The van der Waals surface area contributed by atoms with E-state index in [9.17, 15) is 0 Å². The van der Waals surface area contributed by atoms with Gasteiger partial charge in [-0.25, -0.2) is 0 Å². The lowest BCUT2D eigenvalue weighted by Crippen LogP contribution is -2.33. The molecule has 2 N–H and O–H groups in total. The van der Waals surface area contributed by atoms with Crippen LogP contribution in [0.5, 0.6) is 0 Å². The quantitative estimate of drug-likeness (QED) is 0.656. The third kappa shape index (κ3) is 1.16. The van der Waals surface area contributed by atoms with Crippen LogP contribution in [0.2, 0.25) is 0 Å². The van der Waals surface area contributed by atoms with Crippen molar-refractivity contribution in [2.45, 2.75) is 25.8 Å². The first-order valence-corrected chi connectivity index (χ1v) is 3.22. The Morgan fingerprint density at radius 3 is 2.90 bits per heavy atom. The molecule has 1 atom stereocenters. The summed E-state index contributed by atoms with van der Waals surface area (Å²) in [5.74, 6) is 0.565. The van der Waals surface area contributed by atoms with E-state index in [0.717, 1.165) is 6.42 Å². The molecule has 0 bridgehead atoms. The van der Waals surface area contributed by atoms with Gasteiger partial charge in [-0.2, -0.15) is 4.98 Å². The zero-order chi connectivity index (χ0) is 7.61. The predicted molar refractivity (Wildman–Crippen MR) is 36.1 cm³/mol. The normalized spacial score (nSPS) is 16.7. The van der Waals surface area contributed by atoms with Gasteiger partial charge >= 0.3 is 0 Å². The van der Waals surface area contributed by atoms with Crippen LogP contribution in [0, 0.1) is 0 Å². The Bertz CT molecular complexity index is 193. The van der Waals surface area contributed by atoms with E-state index in [1.807, 2.05) is 13.8 Å². The van der Waals surface area contributed by atoms with Gasteiger partial charge in [0.15, 0.2) is 5.82 Å². The molecular formula is C6H11N3O. The van der Waals surface area contributed by atoms with Crippen molar-refractivity contribution in [1.82, 2.24) is 10.1 Å². The van der Waals surface area contributed by atoms with Gasteiger partial charge in [-0.3, -0.25) is 0 Å². The fourth-order valence-electron chi connectivity index (χ4n) is 0.580. The Morgan fingerprint density at radius 2 is 2.50 bits per heavy atom. The van der Waals surface area contributed by atoms with Crippen LogP contribution in [-0.4, -0.2) is 10.1 Å². The van der Waals surface area contributed by atoms with Gasteiger partial charge in [-0.15, -0.1) is 0 Å². The summed E-state index contributed by atoms with van der Waals surface area (Å²) in [6, 6.07) is 0. The van der Waals surface area contributed by atoms with E-state index in [-0.39, 0.29) is 0 Å². The van der Waals surface area contributed by atoms with Gasteiger partial charge in [0.05, 0.1) is 5.54 Å². The summed E-state index contributed by atoms with van der Waals surface area (Å²) in [4.78, 5) is 3.86. The van der Waals surface area contributed by atoms with Crippen molar-refractivity contribution < 1.29 is 4.52 Å². The molecule has 0 amide bonds. The Balaban J connectivity index is 2.85. The lowest BCUT2D eigenvalue weighted by molar-refractivity contribution is 0.373. The molecule has 0 aliphatic heterocycles. The number of hydrogen-bond donors (Lipinski definition) is 1. The maximum absolute atomic E-state index is 5.80. The summed E-state index contributed by atoms with van der Waals surface area (Å²) in [6.07, 6.45) is 2.09. The topological polar surface area (TPSA) is 64.9 Å². The van der Waals surface area contributed by atoms with Crippen molar-refractivity contribution in [2.24, 2.45) is 5.73 Å². The Kier molecular flexibility index (Phi) is 1.72. The van der Waals surface area contributed by atoms with E-state index in [1.165, 1.54) is 6.39 Å². The van der Waals surface area contributed by atoms with E-state index in [1.54, 1.807) is 0 Å². The number of rotatable bonds is 2. The maximum atomic E-state index is 5.80. The van der Waals surface area contributed by atoms with E-state index < -0.39 is 5.54 Å². The van der Waals surface area contributed by atoms with Crippen LogP contribution in [0.25, 0.3) is 0 Å². The van der Waals surface area contributed by atoms with Gasteiger partial charge in [0.25, 0.3) is 0 Å². The summed E-state index contributed by atoms with van der Waals surface area (Å²) in [5.41, 5.74) is 5.35. The highest BCUT2D eigenvalue weighted by atomic mass is 16.5. The van der Waals surface area contributed by atoms with Gasteiger partial charge < -0.3 is 10.3 Å². The molecule has 0 aliphatic carbocycles. The second kappa shape index (κ2) is 2.38. The van der Waals surface area contributed by atoms with Gasteiger partial charge in [0.1, 0.15) is 0 Å². The minimum atomic E-state index is -0.451. The molecule has 1 aromatic heterocycles. The van der Waals surface area contributed by atoms with Gasteiger partial charge in [-0.05, 0) is 13.3 Å². The molecule has 0 saturated carbocycles. The number of hydrogen-bond acceptors (Lipinski definition) is 4. The molecule has 0 aromatic carbocycles. The Labute approximate surface area is 59.4 Å². The third-order valence-electron chi connectivity index (χ3n) is 1.61. The van der Waals surface area contributed by atoms with Crippen molar-refractivity contribution in [3.8, 4) is 0 Å². The Morgan fingerprint density at radius 1 is 1.80 bits per heavy atom. The molecule has 0 saturated heterocycles. The first-order valence-electron chi connectivity index (χ1n) is 3.22. The zero-order valence-corrected chi connectivity index (χ0v) is 6.16. The molecule has 1 unspecified atom stereocenters. The van der Waals surface area contributed by atoms with Gasteiger partial charge in [0.2, 0.25) is 6.39 Å². The monoisotopic (exact) mass is 141 g/mol. The first kappa shape index (κ1) is 7.21. The van der Waals surface area contributed by atoms with Crippen LogP contribution in [0.3, 0.4) is 0 Å². The van der Waals surface area contributed by atoms with E-state index in [2.05, 4.69) is 14.7 Å². The van der Waals surface area contributed by atoms with Crippen LogP contribution in [0.1, 0.15) is 26.1 Å². The van der Waals surface area contributed by atoms with Crippen LogP contribution < -0.4 is 5.73 Å². The standard InChI is InChI=1S/C6H11N3O/c1-3-6(2,7)5-8-4-10-9-5/h4H,3,7H2,1-2H3. The van der Waals surface area contributed by atoms with E-state index in [4.69, 9.17) is 5.73 Å². The van der Waals surface area contributed by atoms with E-state index in [0.29, 0.717) is 5.82 Å². The molecule has 0 aliphatic rings. The predicted octanol–water partition coefficient (Wildman–Crippen LogP) is 0.654. The van der Waals surface area contributed by atoms with Crippen molar-refractivity contribution in [1.29, 1.82) is 0 Å². The zero-order valence-electron chi connectivity index (χ0n) is 6.16. The highest BCUT2D eigenvalue weighted by Gasteiger charge is 2.22. The van der Waals surface area contributed by atoms with Crippen LogP contribution in [-0.2, 0) is 5.54 Å². The average Bonchev–Trinajstić information content (AvgIpc) is 2.38. The summed E-state index contributed by atoms with van der Waals surface area (Å²) < 4.78 is 4.56. The number of nitrogens with two attached hydrogens (primary N) is 1. The summed E-state index contributed by atoms with van der Waals surface area (Å²) in [5, 5.41) is 3.65. The van der Waals surface area contributed by atoms with Crippen LogP contribution >= 0.6 is 0 Å². The SMILES string of the molecule is CCC(C)(N)c1ncon1. The fourth-order valence-corrected chi connectivity index (χ4v) is 0.580. The fraction of sp³-hybridized carbons (Fsp3) is 0.667. The van der Waals surface area contributed by atoms with Crippen molar-refractivity contribution >= 4 is 0 Å². The minimum absolute atomic E-state index is 0.451. The molecule has 10 heavy (non-hydrogen) atoms. The minimum Gasteiger partial charge on any atom is -0.343 e. The van der Waals surface area contributed by atoms with Gasteiger partial charge in [0, 0.05) is 0 Å². The highest BCUT2D eigenvalue weighted by molar-refractivity contribution is 4.97. The van der Waals surface area contributed by atoms with Crippen LogP contribution in [0.4, 0.5) is 0 Å². The van der Waals surface area contributed by atoms with Gasteiger partial charge in [-0.1, -0.05) is 12.1 Å².